The van der Waals surface area contributed by atoms with Crippen molar-refractivity contribution >= 4 is 0 Å². The van der Waals surface area contributed by atoms with Crippen LogP contribution in [0.5, 0.6) is 0 Å². The number of hydrogen-bond donors (Lipinski definition) is 0. The molecule has 0 radical (unpaired) electrons. The van der Waals surface area contributed by atoms with Crippen LogP contribution in [0, 0.1) is 11.8 Å². The second-order valence-corrected chi connectivity index (χ2v) is 11.6. The molecular weight excluding hydrogens is 441 g/mol. The molecule has 1 aromatic carbocycles. The molecule has 34 heavy (non-hydrogen) atoms. The molecule has 0 aliphatic heterocycles. The second-order valence-electron chi connectivity index (χ2n) is 11.6. The third kappa shape index (κ3) is 8.59. The minimum Gasteiger partial charge on any atom is -0.375 e. The molecule has 2 aliphatic carbocycles. The number of ether oxygens (including phenoxy) is 3. The molecule has 3 rings (SSSR count). The van der Waals surface area contributed by atoms with Gasteiger partial charge >= 0.3 is 6.18 Å². The molecule has 0 saturated heterocycles. The van der Waals surface area contributed by atoms with Gasteiger partial charge in [-0.2, -0.15) is 13.2 Å². The zero-order valence-corrected chi connectivity index (χ0v) is 21.3. The molecule has 0 atom stereocenters. The Morgan fingerprint density at radius 3 is 2.03 bits per heavy atom. The van der Waals surface area contributed by atoms with Gasteiger partial charge < -0.3 is 14.2 Å². The summed E-state index contributed by atoms with van der Waals surface area (Å²) in [6.07, 6.45) is 1.49. The third-order valence-electron chi connectivity index (χ3n) is 6.20. The van der Waals surface area contributed by atoms with Crippen molar-refractivity contribution < 1.29 is 27.4 Å². The van der Waals surface area contributed by atoms with Crippen molar-refractivity contribution in [3.63, 3.8) is 0 Å². The Labute approximate surface area is 202 Å². The minimum atomic E-state index is -4.40. The Balaban J connectivity index is 1.58. The monoisotopic (exact) mass is 480 g/mol. The predicted molar refractivity (Wildman–Crippen MR) is 128 cm³/mol. The van der Waals surface area contributed by atoms with Gasteiger partial charge in [0.25, 0.3) is 0 Å². The van der Waals surface area contributed by atoms with Crippen molar-refractivity contribution in [3.8, 4) is 11.8 Å². The fraction of sp³-hybridized carbons (Fsp3) is 0.714. The van der Waals surface area contributed by atoms with Crippen LogP contribution in [-0.4, -0.2) is 36.1 Å². The van der Waals surface area contributed by atoms with Crippen molar-refractivity contribution in [1.29, 1.82) is 0 Å². The Kier molecular flexibility index (Phi) is 8.43. The zero-order chi connectivity index (χ0) is 25.1. The Morgan fingerprint density at radius 2 is 1.47 bits per heavy atom. The van der Waals surface area contributed by atoms with Gasteiger partial charge in [0.05, 0.1) is 35.1 Å². The second kappa shape index (κ2) is 10.6. The Bertz CT molecular complexity index is 869. The first-order chi connectivity index (χ1) is 15.7. The highest BCUT2D eigenvalue weighted by molar-refractivity contribution is 5.43. The normalized spacial score (nSPS) is 25.9. The fourth-order valence-corrected chi connectivity index (χ4v) is 4.54. The molecule has 2 fully saturated rings. The van der Waals surface area contributed by atoms with Gasteiger partial charge in [-0.1, -0.05) is 11.8 Å². The fourth-order valence-electron chi connectivity index (χ4n) is 4.54. The first-order valence-corrected chi connectivity index (χ1v) is 12.4. The maximum Gasteiger partial charge on any atom is 0.416 e. The summed E-state index contributed by atoms with van der Waals surface area (Å²) in [4.78, 5) is 0. The molecule has 6 heteroatoms. The lowest BCUT2D eigenvalue weighted by Crippen LogP contribution is -2.43. The van der Waals surface area contributed by atoms with Gasteiger partial charge in [0.1, 0.15) is 6.61 Å². The summed E-state index contributed by atoms with van der Waals surface area (Å²) in [5, 5.41) is 0. The molecule has 0 aromatic heterocycles. The Hall–Kier alpha value is -1.55. The summed E-state index contributed by atoms with van der Waals surface area (Å²) in [5.41, 5.74) is -0.00369. The highest BCUT2D eigenvalue weighted by atomic mass is 19.4. The summed E-state index contributed by atoms with van der Waals surface area (Å²) in [6, 6.07) is 4.24. The average molecular weight is 481 g/mol. The van der Waals surface area contributed by atoms with E-state index in [1.54, 1.807) is 0 Å². The summed E-state index contributed by atoms with van der Waals surface area (Å²) < 4.78 is 58.4. The van der Waals surface area contributed by atoms with E-state index in [0.717, 1.165) is 50.2 Å². The van der Waals surface area contributed by atoms with Gasteiger partial charge in [0, 0.05) is 5.56 Å². The molecule has 1 aromatic rings. The van der Waals surface area contributed by atoms with Gasteiger partial charge in [-0.3, -0.25) is 0 Å². The van der Waals surface area contributed by atoms with E-state index in [0.29, 0.717) is 5.56 Å². The molecule has 2 aliphatic rings. The van der Waals surface area contributed by atoms with Crippen LogP contribution in [-0.2, 0) is 20.4 Å². The SMILES string of the molecule is CC(C)(C)OCC#Cc1cc(C2CCC(OC3CC(OC(C)(C)C)C3)CC2)cc(C(F)(F)F)c1. The summed E-state index contributed by atoms with van der Waals surface area (Å²) in [6.45, 7) is 12.1. The highest BCUT2D eigenvalue weighted by Gasteiger charge is 2.36. The molecule has 0 bridgehead atoms. The first-order valence-electron chi connectivity index (χ1n) is 12.4. The third-order valence-corrected chi connectivity index (χ3v) is 6.20. The van der Waals surface area contributed by atoms with Crippen LogP contribution in [0.3, 0.4) is 0 Å². The molecule has 2 saturated carbocycles. The lowest BCUT2D eigenvalue weighted by molar-refractivity contribution is -0.166. The van der Waals surface area contributed by atoms with E-state index in [1.165, 1.54) is 6.07 Å². The smallest absolute Gasteiger partial charge is 0.375 e. The number of benzene rings is 1. The molecule has 0 N–H and O–H groups in total. The molecule has 3 nitrogen and oxygen atoms in total. The quantitative estimate of drug-likeness (QED) is 0.415. The predicted octanol–water partition coefficient (Wildman–Crippen LogP) is 7.26. The first kappa shape index (κ1) is 27.0. The van der Waals surface area contributed by atoms with Crippen LogP contribution in [0.25, 0.3) is 0 Å². The van der Waals surface area contributed by atoms with E-state index in [9.17, 15) is 13.2 Å². The van der Waals surface area contributed by atoms with Crippen molar-refractivity contribution in [3.05, 3.63) is 34.9 Å². The van der Waals surface area contributed by atoms with Crippen molar-refractivity contribution in [2.75, 3.05) is 6.61 Å². The van der Waals surface area contributed by atoms with E-state index in [2.05, 4.69) is 32.6 Å². The van der Waals surface area contributed by atoms with E-state index in [-0.39, 0.29) is 42.0 Å². The van der Waals surface area contributed by atoms with Crippen molar-refractivity contribution in [1.82, 2.24) is 0 Å². The topological polar surface area (TPSA) is 27.7 Å². The van der Waals surface area contributed by atoms with E-state index in [1.807, 2.05) is 26.8 Å². The number of alkyl halides is 3. The van der Waals surface area contributed by atoms with Gasteiger partial charge in [0.15, 0.2) is 0 Å². The van der Waals surface area contributed by atoms with E-state index < -0.39 is 11.7 Å². The van der Waals surface area contributed by atoms with Crippen LogP contribution in [0.4, 0.5) is 13.2 Å². The maximum absolute atomic E-state index is 13.5. The number of hydrogen-bond acceptors (Lipinski definition) is 3. The standard InChI is InChI=1S/C28H39F3O3/c1-26(2,3)32-13-7-8-19-14-21(16-22(15-19)28(29,30)31)20-9-11-23(12-10-20)33-24-17-25(18-24)34-27(4,5)6/h14-16,20,23-25H,9-13,17-18H2,1-6H3. The lowest BCUT2D eigenvalue weighted by Gasteiger charge is -2.41. The lowest BCUT2D eigenvalue weighted by atomic mass is 9.81. The largest absolute Gasteiger partial charge is 0.416 e. The Morgan fingerprint density at radius 1 is 0.824 bits per heavy atom. The number of halogens is 3. The van der Waals surface area contributed by atoms with Crippen molar-refractivity contribution in [2.24, 2.45) is 0 Å². The minimum absolute atomic E-state index is 0.0897. The molecule has 0 spiro atoms. The van der Waals surface area contributed by atoms with Gasteiger partial charge in [-0.05, 0) is 110 Å². The van der Waals surface area contributed by atoms with Crippen LogP contribution in [0.15, 0.2) is 18.2 Å². The van der Waals surface area contributed by atoms with Gasteiger partial charge in [-0.25, -0.2) is 0 Å². The maximum atomic E-state index is 13.5. The van der Waals surface area contributed by atoms with E-state index in [4.69, 9.17) is 14.2 Å². The molecule has 0 unspecified atom stereocenters. The van der Waals surface area contributed by atoms with E-state index >= 15 is 0 Å². The summed E-state index contributed by atoms with van der Waals surface area (Å²) in [7, 11) is 0. The molecule has 0 amide bonds. The summed E-state index contributed by atoms with van der Waals surface area (Å²) in [5.74, 6) is 5.81. The van der Waals surface area contributed by atoms with Crippen LogP contribution in [0.2, 0.25) is 0 Å². The van der Waals surface area contributed by atoms with Gasteiger partial charge in [-0.15, -0.1) is 0 Å². The van der Waals surface area contributed by atoms with Gasteiger partial charge in [0.2, 0.25) is 0 Å². The zero-order valence-electron chi connectivity index (χ0n) is 21.3. The van der Waals surface area contributed by atoms with Crippen LogP contribution in [0.1, 0.15) is 103 Å². The summed E-state index contributed by atoms with van der Waals surface area (Å²) >= 11 is 0. The molecule has 190 valence electrons. The highest BCUT2D eigenvalue weighted by Crippen LogP contribution is 2.39. The van der Waals surface area contributed by atoms with Crippen LogP contribution < -0.4 is 0 Å². The molecular formula is C28H39F3O3. The van der Waals surface area contributed by atoms with Crippen molar-refractivity contribution in [2.45, 2.75) is 122 Å². The van der Waals surface area contributed by atoms with Crippen LogP contribution >= 0.6 is 0 Å². The average Bonchev–Trinajstić information content (AvgIpc) is 2.68. The number of rotatable bonds is 5. The molecule has 0 heterocycles.